The van der Waals surface area contributed by atoms with Gasteiger partial charge in [-0.15, -0.1) is 0 Å². The van der Waals surface area contributed by atoms with Crippen LogP contribution in [0.1, 0.15) is 35.1 Å². The van der Waals surface area contributed by atoms with Crippen molar-refractivity contribution in [2.24, 2.45) is 0 Å². The summed E-state index contributed by atoms with van der Waals surface area (Å²) in [6.07, 6.45) is 1.93. The van der Waals surface area contributed by atoms with Crippen molar-refractivity contribution in [3.63, 3.8) is 0 Å². The van der Waals surface area contributed by atoms with Gasteiger partial charge in [-0.2, -0.15) is 0 Å². The molecule has 0 saturated carbocycles. The van der Waals surface area contributed by atoms with Gasteiger partial charge in [0.1, 0.15) is 21.6 Å². The molecule has 1 unspecified atom stereocenters. The normalized spacial score (nSPS) is 18.5. The molecule has 1 saturated heterocycles. The minimum absolute atomic E-state index is 0.109. The Morgan fingerprint density at radius 1 is 1.03 bits per heavy atom. The Hall–Kier alpha value is -3.35. The van der Waals surface area contributed by atoms with Gasteiger partial charge < -0.3 is 14.8 Å². The molecule has 170 valence electrons. The molecule has 3 aromatic rings. The van der Waals surface area contributed by atoms with Crippen LogP contribution < -0.4 is 14.8 Å². The number of thiocarbonyl (C=S) groups is 1. The van der Waals surface area contributed by atoms with Gasteiger partial charge in [0.05, 0.1) is 11.5 Å². The second-order valence-electron chi connectivity index (χ2n) is 8.02. The van der Waals surface area contributed by atoms with Crippen LogP contribution in [0.4, 0.5) is 0 Å². The highest BCUT2D eigenvalue weighted by Crippen LogP contribution is 2.48. The van der Waals surface area contributed by atoms with E-state index in [1.165, 1.54) is 22.9 Å². The Morgan fingerprint density at radius 3 is 2.41 bits per heavy atom. The predicted molar refractivity (Wildman–Crippen MR) is 141 cm³/mol. The molecule has 0 radical (unpaired) electrons. The van der Waals surface area contributed by atoms with E-state index in [9.17, 15) is 4.79 Å². The molecule has 1 amide bonds. The van der Waals surface area contributed by atoms with E-state index < -0.39 is 0 Å². The summed E-state index contributed by atoms with van der Waals surface area (Å²) in [4.78, 5) is 13.2. The second-order valence-corrected chi connectivity index (χ2v) is 9.74. The summed E-state index contributed by atoms with van der Waals surface area (Å²) in [6.45, 7) is 4.68. The average molecular weight is 486 g/mol. The smallest absolute Gasteiger partial charge is 0.263 e. The summed E-state index contributed by atoms with van der Waals surface area (Å²) < 4.78 is 12.6. The first-order valence-electron chi connectivity index (χ1n) is 11.1. The standard InChI is InChI=1S/C28H23NO3S2/c1-3-31-19-14-12-18(13-15-19)26-22(16-24-27(30)29-28(33)34-24)25(20-9-5-4-8-17(20)2)21-10-6-7-11-23(21)32-26/h4-16,25H,3H2,1-2H3,(H,29,30,33). The fourth-order valence-corrected chi connectivity index (χ4v) is 5.37. The molecule has 34 heavy (non-hydrogen) atoms. The third kappa shape index (κ3) is 4.27. The van der Waals surface area contributed by atoms with Gasteiger partial charge in [-0.1, -0.05) is 66.4 Å². The lowest BCUT2D eigenvalue weighted by molar-refractivity contribution is -0.115. The Kier molecular flexibility index (Phi) is 6.26. The minimum atomic E-state index is -0.184. The summed E-state index contributed by atoms with van der Waals surface area (Å²) in [5, 5.41) is 2.72. The van der Waals surface area contributed by atoms with Crippen molar-refractivity contribution in [3.05, 3.63) is 112 Å². The number of thioether (sulfide) groups is 1. The molecular weight excluding hydrogens is 462 g/mol. The zero-order valence-corrected chi connectivity index (χ0v) is 20.5. The largest absolute Gasteiger partial charge is 0.494 e. The van der Waals surface area contributed by atoms with Crippen LogP contribution in [-0.2, 0) is 4.79 Å². The quantitative estimate of drug-likeness (QED) is 0.337. The van der Waals surface area contributed by atoms with Crippen LogP contribution >= 0.6 is 24.0 Å². The number of ether oxygens (including phenoxy) is 2. The summed E-state index contributed by atoms with van der Waals surface area (Å²) >= 11 is 6.52. The maximum absolute atomic E-state index is 12.6. The van der Waals surface area contributed by atoms with E-state index in [1.807, 2.05) is 67.6 Å². The molecule has 6 heteroatoms. The lowest BCUT2D eigenvalue weighted by Gasteiger charge is -2.31. The van der Waals surface area contributed by atoms with Crippen molar-refractivity contribution < 1.29 is 14.3 Å². The van der Waals surface area contributed by atoms with E-state index in [2.05, 4.69) is 30.4 Å². The van der Waals surface area contributed by atoms with Gasteiger partial charge in [0, 0.05) is 22.6 Å². The third-order valence-corrected chi connectivity index (χ3v) is 7.03. The van der Waals surface area contributed by atoms with E-state index >= 15 is 0 Å². The first-order chi connectivity index (χ1) is 16.5. The fourth-order valence-electron chi connectivity index (χ4n) is 4.33. The number of fused-ring (bicyclic) bond motifs is 1. The van der Waals surface area contributed by atoms with E-state index in [0.717, 1.165) is 28.2 Å². The first-order valence-corrected chi connectivity index (χ1v) is 12.3. The van der Waals surface area contributed by atoms with Gasteiger partial charge in [0.2, 0.25) is 0 Å². The van der Waals surface area contributed by atoms with Crippen molar-refractivity contribution in [1.82, 2.24) is 5.32 Å². The van der Waals surface area contributed by atoms with Gasteiger partial charge >= 0.3 is 0 Å². The van der Waals surface area contributed by atoms with Crippen LogP contribution in [0.25, 0.3) is 5.76 Å². The number of hydrogen-bond acceptors (Lipinski definition) is 5. The molecule has 0 aromatic heterocycles. The Balaban J connectivity index is 1.76. The van der Waals surface area contributed by atoms with Crippen LogP contribution in [0.3, 0.4) is 0 Å². The molecule has 1 atom stereocenters. The molecule has 0 spiro atoms. The van der Waals surface area contributed by atoms with Crippen LogP contribution in [0.5, 0.6) is 11.5 Å². The van der Waals surface area contributed by atoms with E-state index in [-0.39, 0.29) is 11.8 Å². The van der Waals surface area contributed by atoms with Crippen molar-refractivity contribution in [3.8, 4) is 11.5 Å². The molecular formula is C28H23NO3S2. The van der Waals surface area contributed by atoms with Crippen molar-refractivity contribution >= 4 is 40.0 Å². The molecule has 1 N–H and O–H groups in total. The highest BCUT2D eigenvalue weighted by Gasteiger charge is 2.33. The number of carbonyl (C=O) groups excluding carboxylic acids is 1. The number of rotatable bonds is 5. The molecule has 2 aliphatic heterocycles. The summed E-state index contributed by atoms with van der Waals surface area (Å²) in [6, 6.07) is 24.3. The number of hydrogen-bond donors (Lipinski definition) is 1. The first kappa shape index (κ1) is 22.4. The number of amides is 1. The lowest BCUT2D eigenvalue weighted by atomic mass is 9.79. The van der Waals surface area contributed by atoms with Crippen LogP contribution in [0, 0.1) is 6.92 Å². The van der Waals surface area contributed by atoms with Crippen molar-refractivity contribution in [2.45, 2.75) is 19.8 Å². The van der Waals surface area contributed by atoms with Crippen molar-refractivity contribution in [1.29, 1.82) is 0 Å². The number of para-hydroxylation sites is 1. The van der Waals surface area contributed by atoms with E-state index in [1.54, 1.807) is 0 Å². The summed E-state index contributed by atoms with van der Waals surface area (Å²) in [5.41, 5.74) is 5.22. The SMILES string of the molecule is CCOc1ccc(C2=C(C=C3SC(=S)NC3=O)C(c3ccccc3C)c3ccccc3O2)cc1. The number of nitrogens with one attached hydrogen (secondary N) is 1. The van der Waals surface area contributed by atoms with Crippen molar-refractivity contribution in [2.75, 3.05) is 6.61 Å². The monoisotopic (exact) mass is 485 g/mol. The minimum Gasteiger partial charge on any atom is -0.494 e. The predicted octanol–water partition coefficient (Wildman–Crippen LogP) is 6.36. The number of carbonyl (C=O) groups is 1. The van der Waals surface area contributed by atoms with Crippen LogP contribution in [0.2, 0.25) is 0 Å². The lowest BCUT2D eigenvalue weighted by Crippen LogP contribution is -2.19. The zero-order chi connectivity index (χ0) is 23.7. The highest BCUT2D eigenvalue weighted by atomic mass is 32.2. The summed E-state index contributed by atoms with van der Waals surface area (Å²) in [5.74, 6) is 2.03. The van der Waals surface area contributed by atoms with Gasteiger partial charge in [0.25, 0.3) is 5.91 Å². The molecule has 4 nitrogen and oxygen atoms in total. The maximum Gasteiger partial charge on any atom is 0.263 e. The Labute approximate surface area is 208 Å². The zero-order valence-electron chi connectivity index (χ0n) is 18.8. The summed E-state index contributed by atoms with van der Waals surface area (Å²) in [7, 11) is 0. The molecule has 0 bridgehead atoms. The fraction of sp³-hybridized carbons (Fsp3) is 0.143. The highest BCUT2D eigenvalue weighted by molar-refractivity contribution is 8.26. The van der Waals surface area contributed by atoms with Crippen LogP contribution in [-0.4, -0.2) is 16.8 Å². The second kappa shape index (κ2) is 9.49. The molecule has 1 fully saturated rings. The molecule has 3 aromatic carbocycles. The molecule has 5 rings (SSSR count). The topological polar surface area (TPSA) is 47.6 Å². The van der Waals surface area contributed by atoms with E-state index in [0.29, 0.717) is 21.6 Å². The van der Waals surface area contributed by atoms with Crippen LogP contribution in [0.15, 0.2) is 89.4 Å². The van der Waals surface area contributed by atoms with Gasteiger partial charge in [0.15, 0.2) is 0 Å². The Bertz CT molecular complexity index is 1340. The third-order valence-electron chi connectivity index (χ3n) is 5.87. The molecule has 2 aliphatic rings. The Morgan fingerprint density at radius 2 is 1.74 bits per heavy atom. The number of aryl methyl sites for hydroxylation is 1. The average Bonchev–Trinajstić information content (AvgIpc) is 3.16. The number of benzene rings is 3. The maximum atomic E-state index is 12.6. The molecule has 0 aliphatic carbocycles. The van der Waals surface area contributed by atoms with Gasteiger partial charge in [-0.05, 0) is 61.4 Å². The van der Waals surface area contributed by atoms with Gasteiger partial charge in [-0.3, -0.25) is 4.79 Å². The van der Waals surface area contributed by atoms with E-state index in [4.69, 9.17) is 21.7 Å². The van der Waals surface area contributed by atoms with Gasteiger partial charge in [-0.25, -0.2) is 0 Å². The number of allylic oxidation sites excluding steroid dienone is 2. The molecule has 2 heterocycles.